The molecule has 6 heteroatoms. The lowest BCUT2D eigenvalue weighted by molar-refractivity contribution is -0.167. The van der Waals surface area contributed by atoms with Crippen molar-refractivity contribution in [3.63, 3.8) is 0 Å². The molecule has 6 nitrogen and oxygen atoms in total. The lowest BCUT2D eigenvalue weighted by Gasteiger charge is -2.18. The first-order valence-corrected chi connectivity index (χ1v) is 28.5. The summed E-state index contributed by atoms with van der Waals surface area (Å²) in [5.74, 6) is -0.915. The monoisotopic (exact) mass is 935 g/mol. The van der Waals surface area contributed by atoms with Crippen molar-refractivity contribution < 1.29 is 28.6 Å². The Morgan fingerprint density at radius 3 is 1.01 bits per heavy atom. The van der Waals surface area contributed by atoms with Crippen molar-refractivity contribution in [1.29, 1.82) is 0 Å². The number of rotatable bonds is 51. The molecule has 0 aliphatic heterocycles. The summed E-state index contributed by atoms with van der Waals surface area (Å²) in [4.78, 5) is 38.1. The maximum Gasteiger partial charge on any atom is 0.306 e. The van der Waals surface area contributed by atoms with Gasteiger partial charge in [0.25, 0.3) is 0 Å². The van der Waals surface area contributed by atoms with Crippen LogP contribution in [0.1, 0.15) is 278 Å². The van der Waals surface area contributed by atoms with Crippen LogP contribution in [0, 0.1) is 0 Å². The molecular weight excluding hydrogens is 829 g/mol. The van der Waals surface area contributed by atoms with Gasteiger partial charge in [0.15, 0.2) is 6.10 Å². The normalized spacial score (nSPS) is 12.6. The summed E-state index contributed by atoms with van der Waals surface area (Å²) in [5, 5.41) is 0. The molecule has 0 N–H and O–H groups in total. The lowest BCUT2D eigenvalue weighted by Crippen LogP contribution is -2.30. The minimum absolute atomic E-state index is 0.0878. The third-order valence-corrected chi connectivity index (χ3v) is 12.2. The first kappa shape index (κ1) is 63.8. The Labute approximate surface area is 414 Å². The number of ether oxygens (including phenoxy) is 3. The third kappa shape index (κ3) is 53.7. The van der Waals surface area contributed by atoms with Crippen LogP contribution in [0.4, 0.5) is 0 Å². The molecule has 0 rings (SSSR count). The zero-order chi connectivity index (χ0) is 48.6. The maximum absolute atomic E-state index is 12.8. The topological polar surface area (TPSA) is 78.9 Å². The SMILES string of the molecule is CC/C=C\C/C=C\CCCCCCCC(=O)OCC(COC(=O)CCCCCCCCCCCC/C=C\C=C/CCCCC)OC(=O)CCCCCCC/C=C\C=C/CCCCCCCCC. The molecule has 0 aliphatic rings. The van der Waals surface area contributed by atoms with Crippen LogP contribution in [0.2, 0.25) is 0 Å². The molecule has 0 aromatic carbocycles. The van der Waals surface area contributed by atoms with Crippen LogP contribution in [0.5, 0.6) is 0 Å². The Kier molecular flexibility index (Phi) is 52.8. The van der Waals surface area contributed by atoms with E-state index < -0.39 is 6.10 Å². The van der Waals surface area contributed by atoms with E-state index in [0.29, 0.717) is 19.3 Å². The van der Waals surface area contributed by atoms with E-state index in [4.69, 9.17) is 14.2 Å². The van der Waals surface area contributed by atoms with E-state index in [9.17, 15) is 14.4 Å². The zero-order valence-electron chi connectivity index (χ0n) is 44.2. The van der Waals surface area contributed by atoms with Gasteiger partial charge in [0.2, 0.25) is 0 Å². The number of unbranched alkanes of at least 4 members (excludes halogenated alkanes) is 30. The smallest absolute Gasteiger partial charge is 0.306 e. The molecule has 0 bridgehead atoms. The van der Waals surface area contributed by atoms with Gasteiger partial charge < -0.3 is 14.2 Å². The predicted octanol–water partition coefficient (Wildman–Crippen LogP) is 19.0. The Balaban J connectivity index is 4.38. The minimum Gasteiger partial charge on any atom is -0.462 e. The van der Waals surface area contributed by atoms with Gasteiger partial charge >= 0.3 is 17.9 Å². The second-order valence-electron chi connectivity index (χ2n) is 18.9. The molecule has 0 aromatic heterocycles. The average molecular weight is 936 g/mol. The van der Waals surface area contributed by atoms with Crippen LogP contribution in [0.25, 0.3) is 0 Å². The zero-order valence-corrected chi connectivity index (χ0v) is 44.2. The quantitative estimate of drug-likeness (QED) is 0.0199. The van der Waals surface area contributed by atoms with Gasteiger partial charge in [-0.25, -0.2) is 0 Å². The molecule has 0 aliphatic carbocycles. The summed E-state index contributed by atoms with van der Waals surface area (Å²) in [6.07, 6.45) is 70.3. The van der Waals surface area contributed by atoms with Crippen LogP contribution in [-0.4, -0.2) is 37.2 Å². The lowest BCUT2D eigenvalue weighted by atomic mass is 10.1. The van der Waals surface area contributed by atoms with E-state index in [1.807, 2.05) is 0 Å². The van der Waals surface area contributed by atoms with E-state index in [1.165, 1.54) is 128 Å². The fourth-order valence-corrected chi connectivity index (χ4v) is 7.93. The minimum atomic E-state index is -0.791. The van der Waals surface area contributed by atoms with Crippen molar-refractivity contribution >= 4 is 17.9 Å². The van der Waals surface area contributed by atoms with E-state index in [0.717, 1.165) is 109 Å². The second-order valence-corrected chi connectivity index (χ2v) is 18.9. The standard InChI is InChI=1S/C61H106O6/c1-4-7-10-13-16-19-22-25-27-29-31-33-34-36-39-42-45-48-51-54-60(63)66-57-58(56-65-59(62)53-50-47-44-41-38-24-21-18-15-12-9-6-3)67-61(64)55-52-49-46-43-40-37-35-32-30-28-26-23-20-17-14-11-8-5-2/h9,12,16,18-19,21-22,25,28,30,32,35,58H,4-8,10-11,13-15,17,20,23-24,26-27,29,31,33-34,36-57H2,1-3H3/b12-9-,19-16-,21-18-,25-22-,30-28-,35-32-. The molecule has 67 heavy (non-hydrogen) atoms. The summed E-state index contributed by atoms with van der Waals surface area (Å²) in [7, 11) is 0. The number of carbonyl (C=O) groups is 3. The highest BCUT2D eigenvalue weighted by atomic mass is 16.6. The van der Waals surface area contributed by atoms with Gasteiger partial charge in [-0.15, -0.1) is 0 Å². The molecule has 0 aromatic rings. The highest BCUT2D eigenvalue weighted by molar-refractivity contribution is 5.71. The van der Waals surface area contributed by atoms with Gasteiger partial charge in [0, 0.05) is 19.3 Å². The number of hydrogen-bond acceptors (Lipinski definition) is 6. The summed E-state index contributed by atoms with van der Waals surface area (Å²) in [5.41, 5.74) is 0. The Bertz CT molecular complexity index is 1260. The molecule has 1 atom stereocenters. The van der Waals surface area contributed by atoms with Gasteiger partial charge in [-0.05, 0) is 96.3 Å². The number of carbonyl (C=O) groups excluding carboxylic acids is 3. The summed E-state index contributed by atoms with van der Waals surface area (Å²) in [6.45, 7) is 6.49. The summed E-state index contributed by atoms with van der Waals surface area (Å²) < 4.78 is 16.8. The van der Waals surface area contributed by atoms with Crippen LogP contribution in [0.15, 0.2) is 72.9 Å². The molecule has 0 saturated heterocycles. The van der Waals surface area contributed by atoms with E-state index in [2.05, 4.69) is 93.7 Å². The molecule has 0 radical (unpaired) electrons. The molecule has 0 amide bonds. The Morgan fingerprint density at radius 1 is 0.328 bits per heavy atom. The molecule has 0 saturated carbocycles. The fraction of sp³-hybridized carbons (Fsp3) is 0.754. The third-order valence-electron chi connectivity index (χ3n) is 12.2. The molecular formula is C61H106O6. The van der Waals surface area contributed by atoms with Gasteiger partial charge in [0.1, 0.15) is 13.2 Å². The molecule has 1 unspecified atom stereocenters. The fourth-order valence-electron chi connectivity index (χ4n) is 7.93. The van der Waals surface area contributed by atoms with E-state index in [1.54, 1.807) is 0 Å². The molecule has 0 fully saturated rings. The van der Waals surface area contributed by atoms with Gasteiger partial charge in [-0.1, -0.05) is 235 Å². The molecule has 0 heterocycles. The first-order chi connectivity index (χ1) is 33.0. The van der Waals surface area contributed by atoms with Crippen molar-refractivity contribution in [3.8, 4) is 0 Å². The highest BCUT2D eigenvalue weighted by Crippen LogP contribution is 2.15. The molecule has 386 valence electrons. The summed E-state index contributed by atoms with van der Waals surface area (Å²) >= 11 is 0. The van der Waals surface area contributed by atoms with Crippen molar-refractivity contribution in [2.45, 2.75) is 284 Å². The maximum atomic E-state index is 12.8. The number of allylic oxidation sites excluding steroid dienone is 12. The van der Waals surface area contributed by atoms with Crippen LogP contribution in [-0.2, 0) is 28.6 Å². The first-order valence-electron chi connectivity index (χ1n) is 28.5. The van der Waals surface area contributed by atoms with E-state index >= 15 is 0 Å². The number of hydrogen-bond donors (Lipinski definition) is 0. The van der Waals surface area contributed by atoms with Crippen molar-refractivity contribution in [2.24, 2.45) is 0 Å². The van der Waals surface area contributed by atoms with Crippen molar-refractivity contribution in [2.75, 3.05) is 13.2 Å². The Morgan fingerprint density at radius 2 is 0.627 bits per heavy atom. The number of esters is 3. The van der Waals surface area contributed by atoms with Crippen LogP contribution >= 0.6 is 0 Å². The van der Waals surface area contributed by atoms with Crippen LogP contribution < -0.4 is 0 Å². The van der Waals surface area contributed by atoms with Gasteiger partial charge in [0.05, 0.1) is 0 Å². The summed E-state index contributed by atoms with van der Waals surface area (Å²) in [6, 6.07) is 0. The second kappa shape index (κ2) is 55.4. The highest BCUT2D eigenvalue weighted by Gasteiger charge is 2.19. The predicted molar refractivity (Wildman–Crippen MR) is 288 cm³/mol. The largest absolute Gasteiger partial charge is 0.462 e. The van der Waals surface area contributed by atoms with Crippen molar-refractivity contribution in [1.82, 2.24) is 0 Å². The Hall–Kier alpha value is -3.15. The average Bonchev–Trinajstić information content (AvgIpc) is 3.33. The van der Waals surface area contributed by atoms with Crippen molar-refractivity contribution in [3.05, 3.63) is 72.9 Å². The van der Waals surface area contributed by atoms with Gasteiger partial charge in [-0.2, -0.15) is 0 Å². The van der Waals surface area contributed by atoms with Gasteiger partial charge in [-0.3, -0.25) is 14.4 Å². The molecule has 0 spiro atoms. The van der Waals surface area contributed by atoms with Crippen LogP contribution in [0.3, 0.4) is 0 Å². The van der Waals surface area contributed by atoms with E-state index in [-0.39, 0.29) is 31.1 Å².